The first kappa shape index (κ1) is 11.2. The van der Waals surface area contributed by atoms with Gasteiger partial charge in [0, 0.05) is 0 Å². The molecule has 0 bridgehead atoms. The molecule has 0 spiro atoms. The van der Waals surface area contributed by atoms with E-state index in [1.54, 1.807) is 0 Å². The highest BCUT2D eigenvalue weighted by Crippen LogP contribution is 2.20. The minimum atomic E-state index is 0.293. The fourth-order valence-electron chi connectivity index (χ4n) is 0.938. The lowest BCUT2D eigenvalue weighted by molar-refractivity contribution is 0.590. The summed E-state index contributed by atoms with van der Waals surface area (Å²) in [5.41, 5.74) is 6.19. The molecule has 0 saturated heterocycles. The van der Waals surface area contributed by atoms with Crippen LogP contribution in [0.15, 0.2) is 30.3 Å². The van der Waals surface area contributed by atoms with E-state index in [4.69, 9.17) is 0 Å². The summed E-state index contributed by atoms with van der Waals surface area (Å²) in [7, 11) is 1.50. The molecule has 0 atom stereocenters. The van der Waals surface area contributed by atoms with Crippen molar-refractivity contribution in [1.82, 2.24) is 0 Å². The molecule has 1 heteroatoms. The van der Waals surface area contributed by atoms with Crippen LogP contribution in [0.1, 0.15) is 26.3 Å². The summed E-state index contributed by atoms with van der Waals surface area (Å²) >= 11 is 0. The number of rotatable bonds is 0. The Hall–Kier alpha value is -0.820. The summed E-state index contributed by atoms with van der Waals surface area (Å²) in [5.74, 6) is 0. The van der Waals surface area contributed by atoms with Crippen LogP contribution < -0.4 is 5.73 Å². The molecule has 1 rings (SSSR count). The molecule has 68 valence electrons. The molecule has 0 aliphatic carbocycles. The second-order valence-corrected chi connectivity index (χ2v) is 3.62. The molecule has 1 nitrogen and oxygen atoms in total. The van der Waals surface area contributed by atoms with Gasteiger partial charge in [0.05, 0.1) is 0 Å². The second-order valence-electron chi connectivity index (χ2n) is 3.62. The van der Waals surface area contributed by atoms with E-state index in [0.29, 0.717) is 5.41 Å². The molecule has 0 amide bonds. The van der Waals surface area contributed by atoms with Gasteiger partial charge in [-0.3, -0.25) is 0 Å². The van der Waals surface area contributed by atoms with Crippen molar-refractivity contribution in [3.05, 3.63) is 35.9 Å². The van der Waals surface area contributed by atoms with Gasteiger partial charge in [0.15, 0.2) is 0 Å². The van der Waals surface area contributed by atoms with Gasteiger partial charge in [0.1, 0.15) is 0 Å². The van der Waals surface area contributed by atoms with Crippen molar-refractivity contribution in [1.29, 1.82) is 0 Å². The van der Waals surface area contributed by atoms with Gasteiger partial charge in [-0.1, -0.05) is 51.1 Å². The van der Waals surface area contributed by atoms with Crippen LogP contribution in [-0.2, 0) is 5.41 Å². The third kappa shape index (κ3) is 3.54. The largest absolute Gasteiger partial charge is 0.333 e. The van der Waals surface area contributed by atoms with Gasteiger partial charge in [-0.15, -0.1) is 0 Å². The van der Waals surface area contributed by atoms with Crippen molar-refractivity contribution in [2.24, 2.45) is 5.73 Å². The van der Waals surface area contributed by atoms with Gasteiger partial charge in [-0.25, -0.2) is 0 Å². The third-order valence-corrected chi connectivity index (χ3v) is 1.64. The summed E-state index contributed by atoms with van der Waals surface area (Å²) in [5, 5.41) is 0. The Bertz CT molecular complexity index is 196. The van der Waals surface area contributed by atoms with Gasteiger partial charge in [0.25, 0.3) is 0 Å². The molecule has 0 heterocycles. The minimum absolute atomic E-state index is 0.293. The van der Waals surface area contributed by atoms with Crippen molar-refractivity contribution in [3.63, 3.8) is 0 Å². The number of nitrogens with two attached hydrogens (primary N) is 1. The van der Waals surface area contributed by atoms with Crippen LogP contribution in [0.3, 0.4) is 0 Å². The Morgan fingerprint density at radius 2 is 1.33 bits per heavy atom. The first-order valence-corrected chi connectivity index (χ1v) is 4.24. The monoisotopic (exact) mass is 165 g/mol. The summed E-state index contributed by atoms with van der Waals surface area (Å²) in [6.45, 7) is 6.67. The third-order valence-electron chi connectivity index (χ3n) is 1.64. The van der Waals surface area contributed by atoms with Gasteiger partial charge in [-0.05, 0) is 18.0 Å². The van der Waals surface area contributed by atoms with Gasteiger partial charge < -0.3 is 5.73 Å². The zero-order valence-electron chi connectivity index (χ0n) is 8.46. The summed E-state index contributed by atoms with van der Waals surface area (Å²) in [6.07, 6.45) is 0. The number of hydrogen-bond donors (Lipinski definition) is 1. The maximum atomic E-state index is 4.50. The van der Waals surface area contributed by atoms with Crippen molar-refractivity contribution in [2.75, 3.05) is 7.05 Å². The predicted molar refractivity (Wildman–Crippen MR) is 55.3 cm³/mol. The topological polar surface area (TPSA) is 26.0 Å². The molecule has 0 radical (unpaired) electrons. The molecule has 1 aromatic carbocycles. The second kappa shape index (κ2) is 4.94. The maximum Gasteiger partial charge on any atom is -0.0132 e. The highest BCUT2D eigenvalue weighted by atomic mass is 14.4. The summed E-state index contributed by atoms with van der Waals surface area (Å²) in [6, 6.07) is 10.6. The Balaban J connectivity index is 0.000000561. The highest BCUT2D eigenvalue weighted by Gasteiger charge is 2.11. The summed E-state index contributed by atoms with van der Waals surface area (Å²) < 4.78 is 0. The fourth-order valence-corrected chi connectivity index (χ4v) is 0.938. The quantitative estimate of drug-likeness (QED) is 0.628. The van der Waals surface area contributed by atoms with Crippen LogP contribution in [0.2, 0.25) is 0 Å². The Morgan fingerprint density at radius 1 is 0.917 bits per heavy atom. The molecule has 0 aromatic heterocycles. The van der Waals surface area contributed by atoms with Crippen LogP contribution in [0.25, 0.3) is 0 Å². The normalized spacial score (nSPS) is 10.1. The predicted octanol–water partition coefficient (Wildman–Crippen LogP) is 2.56. The van der Waals surface area contributed by atoms with Crippen LogP contribution in [0, 0.1) is 0 Å². The van der Waals surface area contributed by atoms with Crippen LogP contribution in [-0.4, -0.2) is 7.05 Å². The number of benzene rings is 1. The molecule has 0 fully saturated rings. The van der Waals surface area contributed by atoms with E-state index in [2.05, 4.69) is 56.8 Å². The Kier molecular flexibility index (Phi) is 4.60. The molecular formula is C11H19N. The maximum absolute atomic E-state index is 4.50. The van der Waals surface area contributed by atoms with Crippen molar-refractivity contribution in [2.45, 2.75) is 26.2 Å². The SMILES string of the molecule is CC(C)(C)c1ccccc1.CN. The van der Waals surface area contributed by atoms with Crippen LogP contribution >= 0.6 is 0 Å². The smallest absolute Gasteiger partial charge is 0.0132 e. The van der Waals surface area contributed by atoms with Gasteiger partial charge in [0.2, 0.25) is 0 Å². The fraction of sp³-hybridized carbons (Fsp3) is 0.455. The standard InChI is InChI=1S/C10H14.CH5N/c1-10(2,3)9-7-5-4-6-8-9;1-2/h4-8H,1-3H3;2H2,1H3. The average molecular weight is 165 g/mol. The van der Waals surface area contributed by atoms with E-state index in [1.165, 1.54) is 12.6 Å². The first-order valence-electron chi connectivity index (χ1n) is 4.24. The average Bonchev–Trinajstić information content (AvgIpc) is 2.08. The zero-order valence-corrected chi connectivity index (χ0v) is 8.46. The van der Waals surface area contributed by atoms with E-state index in [0.717, 1.165) is 0 Å². The molecule has 0 aliphatic rings. The molecule has 0 saturated carbocycles. The van der Waals surface area contributed by atoms with Crippen molar-refractivity contribution in [3.8, 4) is 0 Å². The molecule has 2 N–H and O–H groups in total. The summed E-state index contributed by atoms with van der Waals surface area (Å²) in [4.78, 5) is 0. The zero-order chi connectivity index (χ0) is 9.61. The molecule has 1 aromatic rings. The van der Waals surface area contributed by atoms with Crippen molar-refractivity contribution < 1.29 is 0 Å². The molecule has 12 heavy (non-hydrogen) atoms. The van der Waals surface area contributed by atoms with Crippen LogP contribution in [0.5, 0.6) is 0 Å². The van der Waals surface area contributed by atoms with Crippen LogP contribution in [0.4, 0.5) is 0 Å². The lowest BCUT2D eigenvalue weighted by Gasteiger charge is -2.18. The van der Waals surface area contributed by atoms with Gasteiger partial charge >= 0.3 is 0 Å². The van der Waals surface area contributed by atoms with Gasteiger partial charge in [-0.2, -0.15) is 0 Å². The molecule has 0 aliphatic heterocycles. The molecule has 0 unspecified atom stereocenters. The minimum Gasteiger partial charge on any atom is -0.333 e. The number of hydrogen-bond acceptors (Lipinski definition) is 1. The molecular weight excluding hydrogens is 146 g/mol. The lowest BCUT2D eigenvalue weighted by Crippen LogP contribution is -2.10. The van der Waals surface area contributed by atoms with E-state index >= 15 is 0 Å². The Morgan fingerprint density at radius 3 is 1.58 bits per heavy atom. The van der Waals surface area contributed by atoms with E-state index in [1.807, 2.05) is 0 Å². The van der Waals surface area contributed by atoms with E-state index < -0.39 is 0 Å². The lowest BCUT2D eigenvalue weighted by atomic mass is 9.87. The first-order chi connectivity index (χ1) is 5.61. The van der Waals surface area contributed by atoms with E-state index in [-0.39, 0.29) is 0 Å². The Labute approximate surface area is 75.6 Å². The van der Waals surface area contributed by atoms with Crippen molar-refractivity contribution >= 4 is 0 Å². The van der Waals surface area contributed by atoms with E-state index in [9.17, 15) is 0 Å². The highest BCUT2D eigenvalue weighted by molar-refractivity contribution is 5.21.